The van der Waals surface area contributed by atoms with E-state index in [1.165, 1.54) is 4.90 Å². The molecule has 1 aromatic carbocycles. The van der Waals surface area contributed by atoms with Crippen LogP contribution in [0, 0.1) is 5.92 Å². The van der Waals surface area contributed by atoms with E-state index in [1.54, 1.807) is 31.2 Å². The lowest BCUT2D eigenvalue weighted by atomic mass is 9.99. The number of morpholine rings is 1. The van der Waals surface area contributed by atoms with E-state index in [2.05, 4.69) is 10.3 Å². The summed E-state index contributed by atoms with van der Waals surface area (Å²) in [6.45, 7) is 6.29. The average molecular weight is 394 g/mol. The third kappa shape index (κ3) is 4.52. The molecule has 2 aliphatic rings. The molecule has 0 saturated carbocycles. The summed E-state index contributed by atoms with van der Waals surface area (Å²) in [5, 5.41) is 2.72. The third-order valence-corrected chi connectivity index (χ3v) is 4.94. The second-order valence-corrected chi connectivity index (χ2v) is 6.95. The first-order chi connectivity index (χ1) is 13.0. The first-order valence-electron chi connectivity index (χ1n) is 8.84. The van der Waals surface area contributed by atoms with Crippen LogP contribution in [0.5, 0.6) is 0 Å². The van der Waals surface area contributed by atoms with Gasteiger partial charge in [-0.2, -0.15) is 0 Å². The normalized spacial score (nSPS) is 22.1. The number of imide groups is 2. The Bertz CT molecular complexity index is 759. The number of nitrogens with one attached hydrogen (secondary N) is 2. The maximum absolute atomic E-state index is 12.8. The lowest BCUT2D eigenvalue weighted by molar-refractivity contribution is -0.906. The largest absolute Gasteiger partial charge is 0.370 e. The van der Waals surface area contributed by atoms with Gasteiger partial charge in [-0.1, -0.05) is 11.6 Å². The van der Waals surface area contributed by atoms with Crippen molar-refractivity contribution in [2.24, 2.45) is 10.9 Å². The zero-order valence-electron chi connectivity index (χ0n) is 15.0. The molecule has 9 heteroatoms. The van der Waals surface area contributed by atoms with Gasteiger partial charge in [0.25, 0.3) is 5.91 Å². The van der Waals surface area contributed by atoms with E-state index in [4.69, 9.17) is 16.3 Å². The summed E-state index contributed by atoms with van der Waals surface area (Å²) in [4.78, 5) is 44.0. The Kier molecular flexibility index (Phi) is 6.20. The van der Waals surface area contributed by atoms with Crippen LogP contribution in [0.15, 0.2) is 29.3 Å². The van der Waals surface area contributed by atoms with Gasteiger partial charge < -0.3 is 9.64 Å². The number of rotatable bonds is 5. The van der Waals surface area contributed by atoms with Crippen LogP contribution in [0.2, 0.25) is 5.02 Å². The van der Waals surface area contributed by atoms with Gasteiger partial charge in [0.05, 0.1) is 32.0 Å². The molecule has 1 unspecified atom stereocenters. The topological polar surface area (TPSA) is 92.5 Å². The van der Waals surface area contributed by atoms with Gasteiger partial charge in [-0.25, -0.2) is 9.69 Å². The molecule has 2 N–H and O–H groups in total. The molecule has 8 nitrogen and oxygen atoms in total. The molecule has 3 rings (SSSR count). The number of urea groups is 1. The number of barbiturate groups is 1. The lowest BCUT2D eigenvalue weighted by Crippen LogP contribution is -3.14. The van der Waals surface area contributed by atoms with Crippen LogP contribution in [0.3, 0.4) is 0 Å². The van der Waals surface area contributed by atoms with Gasteiger partial charge in [-0.15, -0.1) is 0 Å². The fourth-order valence-corrected chi connectivity index (χ4v) is 3.30. The van der Waals surface area contributed by atoms with Crippen molar-refractivity contribution < 1.29 is 24.0 Å². The van der Waals surface area contributed by atoms with Gasteiger partial charge in [0.2, 0.25) is 5.91 Å². The smallest absolute Gasteiger partial charge is 0.335 e. The Hall–Kier alpha value is -2.29. The lowest BCUT2D eigenvalue weighted by Gasteiger charge is -2.30. The first kappa shape index (κ1) is 19.5. The maximum atomic E-state index is 12.8. The highest BCUT2D eigenvalue weighted by Crippen LogP contribution is 2.23. The number of anilines is 1. The van der Waals surface area contributed by atoms with Crippen molar-refractivity contribution in [2.45, 2.75) is 6.92 Å². The third-order valence-electron chi connectivity index (χ3n) is 4.69. The molecule has 27 heavy (non-hydrogen) atoms. The van der Waals surface area contributed by atoms with E-state index in [0.717, 1.165) is 37.7 Å². The van der Waals surface area contributed by atoms with E-state index in [1.807, 2.05) is 0 Å². The number of carbonyl (C=O) groups is 3. The summed E-state index contributed by atoms with van der Waals surface area (Å²) in [6.07, 6.45) is 0. The SMILES string of the molecule is CC(=NCC[NH+]1CCOCC1)C1C(=O)NC(=O)N(c2ccc(Cl)cc2)C1=O. The predicted molar refractivity (Wildman–Crippen MR) is 100 cm³/mol. The molecule has 2 fully saturated rings. The highest BCUT2D eigenvalue weighted by molar-refractivity contribution is 6.35. The average Bonchev–Trinajstić information content (AvgIpc) is 2.64. The van der Waals surface area contributed by atoms with Crippen molar-refractivity contribution in [3.8, 4) is 0 Å². The monoisotopic (exact) mass is 393 g/mol. The minimum atomic E-state index is -1.11. The van der Waals surface area contributed by atoms with Crippen molar-refractivity contribution in [1.82, 2.24) is 5.32 Å². The molecule has 1 aromatic rings. The van der Waals surface area contributed by atoms with Gasteiger partial charge >= 0.3 is 6.03 Å². The van der Waals surface area contributed by atoms with Crippen LogP contribution >= 0.6 is 11.6 Å². The van der Waals surface area contributed by atoms with Crippen LogP contribution < -0.4 is 15.1 Å². The van der Waals surface area contributed by atoms with Crippen molar-refractivity contribution in [3.63, 3.8) is 0 Å². The standard InChI is InChI=1S/C18H21ClN4O4/c1-12(20-6-7-22-8-10-27-11-9-22)15-16(24)21-18(26)23(17(15)25)14-4-2-13(19)3-5-14/h2-5,15H,6-11H2,1H3,(H,21,24,26)/p+1. The Morgan fingerprint density at radius 1 is 1.26 bits per heavy atom. The van der Waals surface area contributed by atoms with E-state index >= 15 is 0 Å². The van der Waals surface area contributed by atoms with Crippen molar-refractivity contribution in [1.29, 1.82) is 0 Å². The predicted octanol–water partition coefficient (Wildman–Crippen LogP) is -0.0850. The Balaban J connectivity index is 1.71. The van der Waals surface area contributed by atoms with Crippen LogP contribution in [-0.2, 0) is 14.3 Å². The number of carbonyl (C=O) groups excluding carboxylic acids is 3. The summed E-state index contributed by atoms with van der Waals surface area (Å²) in [5.41, 5.74) is 0.751. The summed E-state index contributed by atoms with van der Waals surface area (Å²) in [5.74, 6) is -2.36. The zero-order valence-corrected chi connectivity index (χ0v) is 15.8. The minimum Gasteiger partial charge on any atom is -0.370 e. The second-order valence-electron chi connectivity index (χ2n) is 6.51. The fraction of sp³-hybridized carbons (Fsp3) is 0.444. The number of quaternary nitrogens is 1. The summed E-state index contributed by atoms with van der Waals surface area (Å²) < 4.78 is 5.32. The molecule has 1 atom stereocenters. The molecule has 0 bridgehead atoms. The Morgan fingerprint density at radius 2 is 1.93 bits per heavy atom. The number of aliphatic imine (C=N–C) groups is 1. The molecular formula is C18H22ClN4O4+. The number of halogens is 1. The van der Waals surface area contributed by atoms with E-state index in [-0.39, 0.29) is 0 Å². The number of nitrogens with zero attached hydrogens (tertiary/aromatic N) is 2. The Morgan fingerprint density at radius 3 is 2.59 bits per heavy atom. The van der Waals surface area contributed by atoms with Gasteiger partial charge in [0.1, 0.15) is 13.1 Å². The molecule has 2 heterocycles. The van der Waals surface area contributed by atoms with E-state index in [9.17, 15) is 14.4 Å². The molecule has 2 aliphatic heterocycles. The second kappa shape index (κ2) is 8.60. The van der Waals surface area contributed by atoms with Crippen molar-refractivity contribution in [3.05, 3.63) is 29.3 Å². The van der Waals surface area contributed by atoms with Crippen LogP contribution in [0.4, 0.5) is 10.5 Å². The molecule has 144 valence electrons. The number of amides is 4. The molecular weight excluding hydrogens is 372 g/mol. The minimum absolute atomic E-state index is 0.352. The fourth-order valence-electron chi connectivity index (χ4n) is 3.17. The number of hydrogen-bond acceptors (Lipinski definition) is 5. The molecule has 0 aliphatic carbocycles. The van der Waals surface area contributed by atoms with Crippen LogP contribution in [0.1, 0.15) is 6.92 Å². The number of ether oxygens (including phenoxy) is 1. The van der Waals surface area contributed by atoms with E-state index in [0.29, 0.717) is 23.0 Å². The maximum Gasteiger partial charge on any atom is 0.335 e. The molecule has 0 aromatic heterocycles. The number of benzene rings is 1. The number of hydrogen-bond donors (Lipinski definition) is 2. The molecule has 0 spiro atoms. The van der Waals surface area contributed by atoms with Crippen LogP contribution in [0.25, 0.3) is 0 Å². The Labute approximate surface area is 162 Å². The molecule has 4 amide bonds. The van der Waals surface area contributed by atoms with Gasteiger partial charge in [0.15, 0.2) is 5.92 Å². The first-order valence-corrected chi connectivity index (χ1v) is 9.22. The van der Waals surface area contributed by atoms with Crippen molar-refractivity contribution in [2.75, 3.05) is 44.3 Å². The van der Waals surface area contributed by atoms with E-state index < -0.39 is 23.8 Å². The van der Waals surface area contributed by atoms with Gasteiger partial charge in [-0.3, -0.25) is 19.9 Å². The highest BCUT2D eigenvalue weighted by Gasteiger charge is 2.42. The summed E-state index contributed by atoms with van der Waals surface area (Å²) in [6, 6.07) is 5.50. The molecule has 2 saturated heterocycles. The van der Waals surface area contributed by atoms with Crippen LogP contribution in [-0.4, -0.2) is 62.9 Å². The zero-order chi connectivity index (χ0) is 19.4. The summed E-state index contributed by atoms with van der Waals surface area (Å²) in [7, 11) is 0. The molecule has 0 radical (unpaired) electrons. The summed E-state index contributed by atoms with van der Waals surface area (Å²) >= 11 is 5.86. The quantitative estimate of drug-likeness (QED) is 0.540. The van der Waals surface area contributed by atoms with Gasteiger partial charge in [0, 0.05) is 10.7 Å². The highest BCUT2D eigenvalue weighted by atomic mass is 35.5. The van der Waals surface area contributed by atoms with Crippen molar-refractivity contribution >= 4 is 40.8 Å². The van der Waals surface area contributed by atoms with Gasteiger partial charge in [-0.05, 0) is 31.2 Å².